The molecule has 1 atom stereocenters. The summed E-state index contributed by atoms with van der Waals surface area (Å²) in [5, 5.41) is 0. The van der Waals surface area contributed by atoms with Gasteiger partial charge in [-0.1, -0.05) is 38.8 Å². The van der Waals surface area contributed by atoms with Crippen LogP contribution in [-0.2, 0) is 0 Å². The molecule has 1 aromatic rings. The van der Waals surface area contributed by atoms with Crippen LogP contribution in [0.25, 0.3) is 0 Å². The van der Waals surface area contributed by atoms with Gasteiger partial charge in [-0.05, 0) is 37.2 Å². The minimum atomic E-state index is 0.0869. The standard InChI is InChI=1S/C8H9Br2N.C2H7N/c1-5(11)6-2-7(9)4-8(10)3-6;1-2-3/h2-5H,11H2,1H3;2-3H2,1H3. The van der Waals surface area contributed by atoms with E-state index in [0.717, 1.165) is 21.1 Å². The Morgan fingerprint density at radius 1 is 1.21 bits per heavy atom. The molecule has 0 amide bonds. The molecule has 80 valence electrons. The van der Waals surface area contributed by atoms with Gasteiger partial charge in [0.05, 0.1) is 0 Å². The van der Waals surface area contributed by atoms with E-state index in [1.807, 2.05) is 32.0 Å². The lowest BCUT2D eigenvalue weighted by atomic mass is 10.1. The summed E-state index contributed by atoms with van der Waals surface area (Å²) in [6.45, 7) is 4.62. The summed E-state index contributed by atoms with van der Waals surface area (Å²) in [5.74, 6) is 0. The number of benzene rings is 1. The van der Waals surface area contributed by atoms with Gasteiger partial charge in [0, 0.05) is 15.0 Å². The van der Waals surface area contributed by atoms with Crippen LogP contribution in [0.5, 0.6) is 0 Å². The van der Waals surface area contributed by atoms with E-state index in [1.54, 1.807) is 0 Å². The summed E-state index contributed by atoms with van der Waals surface area (Å²) >= 11 is 6.79. The first-order valence-corrected chi connectivity index (χ1v) is 6.01. The molecule has 0 aliphatic rings. The maximum Gasteiger partial charge on any atom is 0.0266 e. The summed E-state index contributed by atoms with van der Waals surface area (Å²) in [5.41, 5.74) is 11.7. The zero-order valence-corrected chi connectivity index (χ0v) is 11.6. The second-order valence-electron chi connectivity index (χ2n) is 2.90. The van der Waals surface area contributed by atoms with Crippen LogP contribution in [0.1, 0.15) is 25.5 Å². The third-order valence-electron chi connectivity index (χ3n) is 1.41. The zero-order chi connectivity index (χ0) is 11.1. The Kier molecular flexibility index (Phi) is 7.45. The summed E-state index contributed by atoms with van der Waals surface area (Å²) < 4.78 is 2.11. The van der Waals surface area contributed by atoms with E-state index in [-0.39, 0.29) is 6.04 Å². The molecule has 0 spiro atoms. The molecule has 0 bridgehead atoms. The van der Waals surface area contributed by atoms with Gasteiger partial charge in [-0.15, -0.1) is 0 Å². The third-order valence-corrected chi connectivity index (χ3v) is 2.33. The van der Waals surface area contributed by atoms with Gasteiger partial charge in [0.25, 0.3) is 0 Å². The average molecular weight is 324 g/mol. The molecule has 0 fully saturated rings. The van der Waals surface area contributed by atoms with Gasteiger partial charge in [-0.2, -0.15) is 0 Å². The number of rotatable bonds is 1. The second kappa shape index (κ2) is 7.40. The molecular weight excluding hydrogens is 308 g/mol. The third kappa shape index (κ3) is 5.75. The van der Waals surface area contributed by atoms with E-state index in [9.17, 15) is 0 Å². The van der Waals surface area contributed by atoms with Gasteiger partial charge in [0.2, 0.25) is 0 Å². The predicted octanol–water partition coefficient (Wildman–Crippen LogP) is 3.20. The van der Waals surface area contributed by atoms with E-state index < -0.39 is 0 Å². The molecule has 0 aromatic heterocycles. The van der Waals surface area contributed by atoms with Crippen LogP contribution < -0.4 is 11.5 Å². The highest BCUT2D eigenvalue weighted by Gasteiger charge is 2.00. The highest BCUT2D eigenvalue weighted by atomic mass is 79.9. The summed E-state index contributed by atoms with van der Waals surface area (Å²) in [6, 6.07) is 6.13. The normalized spacial score (nSPS) is 11.6. The SMILES string of the molecule is CC(N)c1cc(Br)cc(Br)c1.CCN. The Bertz CT molecular complexity index is 255. The fourth-order valence-corrected chi connectivity index (χ4v) is 2.17. The van der Waals surface area contributed by atoms with Crippen molar-refractivity contribution in [1.29, 1.82) is 0 Å². The molecule has 0 aliphatic carbocycles. The lowest BCUT2D eigenvalue weighted by Crippen LogP contribution is -2.04. The van der Waals surface area contributed by atoms with Crippen molar-refractivity contribution in [3.63, 3.8) is 0 Å². The number of hydrogen-bond donors (Lipinski definition) is 2. The largest absolute Gasteiger partial charge is 0.331 e. The molecule has 0 radical (unpaired) electrons. The molecule has 0 saturated carbocycles. The van der Waals surface area contributed by atoms with Crippen molar-refractivity contribution in [1.82, 2.24) is 0 Å². The molecule has 1 unspecified atom stereocenters. The lowest BCUT2D eigenvalue weighted by Gasteiger charge is -2.06. The van der Waals surface area contributed by atoms with Gasteiger partial charge in [-0.25, -0.2) is 0 Å². The predicted molar refractivity (Wildman–Crippen MR) is 69.2 cm³/mol. The highest BCUT2D eigenvalue weighted by molar-refractivity contribution is 9.11. The smallest absolute Gasteiger partial charge is 0.0266 e. The van der Waals surface area contributed by atoms with Crippen molar-refractivity contribution in [3.05, 3.63) is 32.7 Å². The summed E-state index contributed by atoms with van der Waals surface area (Å²) in [6.07, 6.45) is 0. The Morgan fingerprint density at radius 2 is 1.57 bits per heavy atom. The van der Waals surface area contributed by atoms with Gasteiger partial charge in [0.1, 0.15) is 0 Å². The topological polar surface area (TPSA) is 52.0 Å². The first-order valence-electron chi connectivity index (χ1n) is 4.42. The highest BCUT2D eigenvalue weighted by Crippen LogP contribution is 2.22. The van der Waals surface area contributed by atoms with E-state index in [0.29, 0.717) is 0 Å². The van der Waals surface area contributed by atoms with Crippen LogP contribution in [0.3, 0.4) is 0 Å². The van der Waals surface area contributed by atoms with Crippen molar-refractivity contribution in [2.24, 2.45) is 11.5 Å². The fraction of sp³-hybridized carbons (Fsp3) is 0.400. The summed E-state index contributed by atoms with van der Waals surface area (Å²) in [4.78, 5) is 0. The molecule has 0 heterocycles. The van der Waals surface area contributed by atoms with Gasteiger partial charge >= 0.3 is 0 Å². The summed E-state index contributed by atoms with van der Waals surface area (Å²) in [7, 11) is 0. The Labute approximate surface area is 102 Å². The fourth-order valence-electron chi connectivity index (χ4n) is 0.838. The minimum Gasteiger partial charge on any atom is -0.331 e. The molecule has 0 aliphatic heterocycles. The first-order chi connectivity index (χ1) is 6.51. The first kappa shape index (κ1) is 14.1. The number of halogens is 2. The van der Waals surface area contributed by atoms with E-state index in [1.165, 1.54) is 0 Å². The van der Waals surface area contributed by atoms with E-state index in [4.69, 9.17) is 11.5 Å². The molecule has 1 rings (SSSR count). The molecule has 14 heavy (non-hydrogen) atoms. The maximum atomic E-state index is 5.71. The maximum absolute atomic E-state index is 5.71. The van der Waals surface area contributed by atoms with Crippen molar-refractivity contribution in [3.8, 4) is 0 Å². The Hall–Kier alpha value is 0.1000. The molecule has 2 nitrogen and oxygen atoms in total. The quantitative estimate of drug-likeness (QED) is 0.833. The molecule has 0 saturated heterocycles. The second-order valence-corrected chi connectivity index (χ2v) is 4.73. The molecule has 4 heteroatoms. The van der Waals surface area contributed by atoms with Crippen molar-refractivity contribution >= 4 is 31.9 Å². The average Bonchev–Trinajstić information content (AvgIpc) is 2.03. The van der Waals surface area contributed by atoms with Crippen LogP contribution in [-0.4, -0.2) is 6.54 Å². The lowest BCUT2D eigenvalue weighted by molar-refractivity contribution is 0.816. The molecule has 4 N–H and O–H groups in total. The number of nitrogens with two attached hydrogens (primary N) is 2. The van der Waals surface area contributed by atoms with Crippen LogP contribution in [0.15, 0.2) is 27.1 Å². The Morgan fingerprint density at radius 3 is 1.86 bits per heavy atom. The van der Waals surface area contributed by atoms with Gasteiger partial charge in [-0.3, -0.25) is 0 Å². The van der Waals surface area contributed by atoms with Crippen LogP contribution in [0.4, 0.5) is 0 Å². The minimum absolute atomic E-state index is 0.0869. The van der Waals surface area contributed by atoms with Crippen LogP contribution in [0, 0.1) is 0 Å². The van der Waals surface area contributed by atoms with E-state index in [2.05, 4.69) is 31.9 Å². The van der Waals surface area contributed by atoms with Crippen molar-refractivity contribution in [2.75, 3.05) is 6.54 Å². The molecular formula is C10H16Br2N2. The zero-order valence-electron chi connectivity index (χ0n) is 8.43. The monoisotopic (exact) mass is 322 g/mol. The van der Waals surface area contributed by atoms with Crippen LogP contribution >= 0.6 is 31.9 Å². The van der Waals surface area contributed by atoms with Crippen molar-refractivity contribution < 1.29 is 0 Å². The Balaban J connectivity index is 0.000000500. The van der Waals surface area contributed by atoms with E-state index >= 15 is 0 Å². The van der Waals surface area contributed by atoms with Crippen LogP contribution in [0.2, 0.25) is 0 Å². The van der Waals surface area contributed by atoms with Gasteiger partial charge < -0.3 is 11.5 Å². The molecule has 1 aromatic carbocycles. The van der Waals surface area contributed by atoms with Crippen molar-refractivity contribution in [2.45, 2.75) is 19.9 Å². The number of hydrogen-bond acceptors (Lipinski definition) is 2. The van der Waals surface area contributed by atoms with Gasteiger partial charge in [0.15, 0.2) is 0 Å².